The van der Waals surface area contributed by atoms with Gasteiger partial charge in [-0.25, -0.2) is 0 Å². The van der Waals surface area contributed by atoms with Crippen molar-refractivity contribution in [3.63, 3.8) is 0 Å². The first-order valence-electron chi connectivity index (χ1n) is 5.78. The molecule has 0 spiro atoms. The molecule has 82 valence electrons. The third-order valence-corrected chi connectivity index (χ3v) is 3.53. The molecule has 1 aromatic carbocycles. The first kappa shape index (κ1) is 8.93. The summed E-state index contributed by atoms with van der Waals surface area (Å²) in [6.45, 7) is 3.13. The predicted octanol–water partition coefficient (Wildman–Crippen LogP) is 1.98. The fourth-order valence-electron chi connectivity index (χ4n) is 2.69. The lowest BCUT2D eigenvalue weighted by molar-refractivity contribution is -0.749. The van der Waals surface area contributed by atoms with E-state index in [1.165, 1.54) is 27.7 Å². The summed E-state index contributed by atoms with van der Waals surface area (Å²) in [6, 6.07) is 8.56. The Kier molecular flexibility index (Phi) is 1.55. The van der Waals surface area contributed by atoms with Crippen LogP contribution in [0.2, 0.25) is 0 Å². The molecule has 0 N–H and O–H groups in total. The summed E-state index contributed by atoms with van der Waals surface area (Å²) < 4.78 is 4.53. The molecule has 0 bridgehead atoms. The fraction of sp³-hybridized carbons (Fsp3) is 0.143. The molecule has 2 aromatic heterocycles. The Labute approximate surface area is 98.9 Å². The fourth-order valence-corrected chi connectivity index (χ4v) is 2.69. The van der Waals surface area contributed by atoms with E-state index in [0.717, 1.165) is 6.54 Å². The number of hydrogen-bond acceptors (Lipinski definition) is 1. The molecule has 1 aliphatic rings. The molecule has 0 amide bonds. The van der Waals surface area contributed by atoms with Crippen molar-refractivity contribution in [2.45, 2.75) is 13.5 Å². The molecular weight excluding hydrogens is 210 g/mol. The van der Waals surface area contributed by atoms with Crippen molar-refractivity contribution in [1.82, 2.24) is 9.67 Å². The Balaban J connectivity index is 2.14. The number of hydrogen-bond donors (Lipinski definition) is 0. The summed E-state index contributed by atoms with van der Waals surface area (Å²) in [4.78, 5) is 4.17. The summed E-state index contributed by atoms with van der Waals surface area (Å²) >= 11 is 0. The average Bonchev–Trinajstić information content (AvgIpc) is 2.85. The predicted molar refractivity (Wildman–Crippen MR) is 65.1 cm³/mol. The van der Waals surface area contributed by atoms with Gasteiger partial charge in [0, 0.05) is 12.4 Å². The van der Waals surface area contributed by atoms with Crippen molar-refractivity contribution in [3.8, 4) is 5.69 Å². The highest BCUT2D eigenvalue weighted by molar-refractivity contribution is 5.78. The third-order valence-electron chi connectivity index (χ3n) is 3.53. The number of nitrogens with zero attached hydrogens (tertiary/aromatic N) is 3. The Hall–Kier alpha value is -2.16. The van der Waals surface area contributed by atoms with Crippen LogP contribution in [0.4, 0.5) is 0 Å². The number of aromatic nitrogens is 3. The van der Waals surface area contributed by atoms with Crippen molar-refractivity contribution in [2.24, 2.45) is 0 Å². The van der Waals surface area contributed by atoms with Gasteiger partial charge in [0.2, 0.25) is 6.20 Å². The van der Waals surface area contributed by atoms with Gasteiger partial charge in [-0.15, -0.1) is 9.36 Å². The molecule has 3 aromatic rings. The second kappa shape index (κ2) is 2.94. The SMILES string of the molecule is Cc1cccc2c1C[n+]1cc3cnccc3n1-2. The highest BCUT2D eigenvalue weighted by atomic mass is 15.4. The minimum Gasteiger partial charge on any atom is -0.264 e. The Morgan fingerprint density at radius 3 is 3.18 bits per heavy atom. The lowest BCUT2D eigenvalue weighted by Crippen LogP contribution is -2.36. The van der Waals surface area contributed by atoms with Gasteiger partial charge < -0.3 is 0 Å². The molecule has 0 aliphatic carbocycles. The van der Waals surface area contributed by atoms with Crippen LogP contribution in [-0.2, 0) is 6.54 Å². The highest BCUT2D eigenvalue weighted by Crippen LogP contribution is 2.26. The quantitative estimate of drug-likeness (QED) is 0.417. The van der Waals surface area contributed by atoms with Gasteiger partial charge in [-0.3, -0.25) is 4.98 Å². The van der Waals surface area contributed by atoms with Crippen LogP contribution in [0.5, 0.6) is 0 Å². The maximum Gasteiger partial charge on any atom is 0.205 e. The van der Waals surface area contributed by atoms with Gasteiger partial charge in [0.15, 0.2) is 6.54 Å². The first-order valence-corrected chi connectivity index (χ1v) is 5.78. The van der Waals surface area contributed by atoms with Crippen molar-refractivity contribution >= 4 is 10.9 Å². The van der Waals surface area contributed by atoms with Crippen molar-refractivity contribution in [3.05, 3.63) is 54.0 Å². The molecule has 3 heteroatoms. The van der Waals surface area contributed by atoms with E-state index in [1.54, 1.807) is 0 Å². The summed E-state index contributed by atoms with van der Waals surface area (Å²) in [6.07, 6.45) is 5.94. The molecule has 0 saturated carbocycles. The zero-order valence-corrected chi connectivity index (χ0v) is 9.59. The minimum absolute atomic E-state index is 0.955. The largest absolute Gasteiger partial charge is 0.264 e. The summed E-state index contributed by atoms with van der Waals surface area (Å²) in [5, 5.41) is 1.19. The van der Waals surface area contributed by atoms with Crippen LogP contribution < -0.4 is 4.68 Å². The van der Waals surface area contributed by atoms with Crippen molar-refractivity contribution in [2.75, 3.05) is 0 Å². The number of rotatable bonds is 0. The zero-order valence-electron chi connectivity index (χ0n) is 9.59. The normalized spacial score (nSPS) is 12.8. The van der Waals surface area contributed by atoms with E-state index in [2.05, 4.69) is 51.7 Å². The molecule has 4 rings (SSSR count). The standard InChI is InChI=1S/C14H12N3/c1-10-3-2-4-14-12(10)9-16-8-11-7-15-6-5-13(11)17(14)16/h2-8H,9H2,1H3/q+1. The second-order valence-corrected chi connectivity index (χ2v) is 4.55. The van der Waals surface area contributed by atoms with Crippen LogP contribution in [-0.4, -0.2) is 9.67 Å². The Morgan fingerprint density at radius 2 is 2.24 bits per heavy atom. The maximum absolute atomic E-state index is 4.17. The second-order valence-electron chi connectivity index (χ2n) is 4.55. The van der Waals surface area contributed by atoms with E-state index in [1.807, 2.05) is 12.4 Å². The number of pyridine rings is 1. The van der Waals surface area contributed by atoms with E-state index in [0.29, 0.717) is 0 Å². The van der Waals surface area contributed by atoms with E-state index >= 15 is 0 Å². The van der Waals surface area contributed by atoms with Gasteiger partial charge >= 0.3 is 0 Å². The van der Waals surface area contributed by atoms with E-state index in [-0.39, 0.29) is 0 Å². The molecule has 0 atom stereocenters. The molecule has 0 unspecified atom stereocenters. The molecular formula is C14H12N3+. The molecule has 17 heavy (non-hydrogen) atoms. The first-order chi connectivity index (χ1) is 8.34. The molecule has 3 heterocycles. The molecule has 3 nitrogen and oxygen atoms in total. The number of aryl methyl sites for hydroxylation is 1. The number of fused-ring (bicyclic) bond motifs is 5. The van der Waals surface area contributed by atoms with Crippen LogP contribution in [0.25, 0.3) is 16.6 Å². The van der Waals surface area contributed by atoms with Crippen LogP contribution in [0.3, 0.4) is 0 Å². The van der Waals surface area contributed by atoms with Gasteiger partial charge in [-0.2, -0.15) is 0 Å². The van der Waals surface area contributed by atoms with Crippen molar-refractivity contribution in [1.29, 1.82) is 0 Å². The monoisotopic (exact) mass is 222 g/mol. The summed E-state index contributed by atoms with van der Waals surface area (Å²) in [5.74, 6) is 0. The van der Waals surface area contributed by atoms with Crippen LogP contribution in [0.15, 0.2) is 42.9 Å². The van der Waals surface area contributed by atoms with Gasteiger partial charge in [-0.05, 0) is 24.6 Å². The van der Waals surface area contributed by atoms with Crippen LogP contribution in [0, 0.1) is 6.92 Å². The van der Waals surface area contributed by atoms with Crippen molar-refractivity contribution < 1.29 is 4.68 Å². The van der Waals surface area contributed by atoms with E-state index in [4.69, 9.17) is 0 Å². The third kappa shape index (κ3) is 1.06. The summed E-state index contributed by atoms with van der Waals surface area (Å²) in [5.41, 5.74) is 5.31. The molecule has 1 aliphatic heterocycles. The zero-order chi connectivity index (χ0) is 11.4. The smallest absolute Gasteiger partial charge is 0.205 e. The van der Waals surface area contributed by atoms with Crippen LogP contribution >= 0.6 is 0 Å². The maximum atomic E-state index is 4.17. The van der Waals surface area contributed by atoms with E-state index in [9.17, 15) is 0 Å². The lowest BCUT2D eigenvalue weighted by Gasteiger charge is -1.99. The highest BCUT2D eigenvalue weighted by Gasteiger charge is 2.28. The van der Waals surface area contributed by atoms with Gasteiger partial charge in [0.25, 0.3) is 0 Å². The summed E-state index contributed by atoms with van der Waals surface area (Å²) in [7, 11) is 0. The minimum atomic E-state index is 0.955. The topological polar surface area (TPSA) is 21.7 Å². The lowest BCUT2D eigenvalue weighted by atomic mass is 10.1. The Morgan fingerprint density at radius 1 is 1.29 bits per heavy atom. The van der Waals surface area contributed by atoms with Gasteiger partial charge in [-0.1, -0.05) is 12.1 Å². The molecule has 0 saturated heterocycles. The van der Waals surface area contributed by atoms with Gasteiger partial charge in [0.1, 0.15) is 11.2 Å². The van der Waals surface area contributed by atoms with E-state index < -0.39 is 0 Å². The number of benzene rings is 1. The van der Waals surface area contributed by atoms with Gasteiger partial charge in [0.05, 0.1) is 10.9 Å². The molecule has 0 fully saturated rings. The molecule has 0 radical (unpaired) electrons. The van der Waals surface area contributed by atoms with Crippen LogP contribution in [0.1, 0.15) is 11.1 Å². The Bertz CT molecular complexity index is 740. The average molecular weight is 222 g/mol.